The number of nitrogens with zero attached hydrogens (tertiary/aromatic N) is 1. The minimum absolute atomic E-state index is 0.0817. The number of hydrogen-bond donors (Lipinski definition) is 3. The number of aldehydes is 1. The number of fused-ring (bicyclic) bond motifs is 1. The van der Waals surface area contributed by atoms with Gasteiger partial charge in [0.1, 0.15) is 11.2 Å². The average Bonchev–Trinajstić information content (AvgIpc) is 3.25. The standard InChI is InChI=1S/C16H11NO4.C9H12N2O2S/c17-9-11-1-3-12(4-2-11)15(10-18)21-14-7-5-13(6-8-14)16(19)20;1-12-6-3-5-8(4-7(6)13-2)14-9(10)11-5/h1-8,10,15H,(H,19,20);3-4,9,11H,10H2,1-2H3. The van der Waals surface area contributed by atoms with Gasteiger partial charge in [-0.1, -0.05) is 23.9 Å². The second-order valence-electron chi connectivity index (χ2n) is 7.12. The Bertz CT molecular complexity index is 1190. The molecule has 0 saturated heterocycles. The topological polar surface area (TPSA) is 144 Å². The smallest absolute Gasteiger partial charge is 0.335 e. The van der Waals surface area contributed by atoms with Gasteiger partial charge in [-0.3, -0.25) is 4.79 Å². The van der Waals surface area contributed by atoms with E-state index >= 15 is 0 Å². The van der Waals surface area contributed by atoms with Gasteiger partial charge in [0.25, 0.3) is 0 Å². The third kappa shape index (κ3) is 6.44. The SMILES string of the molecule is COc1cc2c(cc1OC)SC(N)N2.N#Cc1ccc(C(C=O)Oc2ccc(C(=O)O)cc2)cc1. The van der Waals surface area contributed by atoms with Gasteiger partial charge >= 0.3 is 5.97 Å². The molecular formula is C25H23N3O6S. The lowest BCUT2D eigenvalue weighted by Crippen LogP contribution is -2.20. The van der Waals surface area contributed by atoms with Gasteiger partial charge < -0.3 is 30.4 Å². The highest BCUT2D eigenvalue weighted by Gasteiger charge is 2.21. The average molecular weight is 494 g/mol. The zero-order chi connectivity index (χ0) is 25.4. The van der Waals surface area contributed by atoms with Crippen molar-refractivity contribution in [1.82, 2.24) is 0 Å². The van der Waals surface area contributed by atoms with Crippen LogP contribution in [0.3, 0.4) is 0 Å². The van der Waals surface area contributed by atoms with Gasteiger partial charge in [-0.2, -0.15) is 5.26 Å². The molecule has 1 aliphatic rings. The van der Waals surface area contributed by atoms with Crippen LogP contribution in [0.1, 0.15) is 27.6 Å². The van der Waals surface area contributed by atoms with E-state index in [-0.39, 0.29) is 11.1 Å². The maximum atomic E-state index is 11.2. The maximum Gasteiger partial charge on any atom is 0.335 e. The molecule has 1 heterocycles. The first-order chi connectivity index (χ1) is 16.9. The molecule has 0 aromatic heterocycles. The molecule has 180 valence electrons. The van der Waals surface area contributed by atoms with E-state index in [1.165, 1.54) is 24.3 Å². The zero-order valence-electron chi connectivity index (χ0n) is 18.9. The van der Waals surface area contributed by atoms with Gasteiger partial charge in [-0.15, -0.1) is 0 Å². The van der Waals surface area contributed by atoms with E-state index in [1.807, 2.05) is 18.2 Å². The lowest BCUT2D eigenvalue weighted by Gasteiger charge is -2.14. The molecule has 3 aromatic carbocycles. The van der Waals surface area contributed by atoms with Crippen molar-refractivity contribution in [3.63, 3.8) is 0 Å². The first kappa shape index (κ1) is 25.4. The molecule has 4 N–H and O–H groups in total. The van der Waals surface area contributed by atoms with Crippen LogP contribution < -0.4 is 25.3 Å². The summed E-state index contributed by atoms with van der Waals surface area (Å²) in [5.74, 6) is 0.810. The largest absolute Gasteiger partial charge is 0.493 e. The van der Waals surface area contributed by atoms with Crippen LogP contribution in [-0.4, -0.2) is 37.1 Å². The van der Waals surface area contributed by atoms with Crippen LogP contribution in [0.25, 0.3) is 0 Å². The highest BCUT2D eigenvalue weighted by Crippen LogP contribution is 2.43. The van der Waals surface area contributed by atoms with Crippen LogP contribution in [-0.2, 0) is 4.79 Å². The van der Waals surface area contributed by atoms with Crippen molar-refractivity contribution in [3.05, 3.63) is 77.4 Å². The van der Waals surface area contributed by atoms with Gasteiger partial charge in [0, 0.05) is 11.0 Å². The van der Waals surface area contributed by atoms with Gasteiger partial charge in [0.05, 0.1) is 37.1 Å². The lowest BCUT2D eigenvalue weighted by atomic mass is 10.1. The Kier molecular flexibility index (Phi) is 8.56. The molecule has 0 radical (unpaired) electrons. The van der Waals surface area contributed by atoms with Gasteiger partial charge in [0.2, 0.25) is 0 Å². The number of carbonyl (C=O) groups excluding carboxylic acids is 1. The molecule has 0 fully saturated rings. The van der Waals surface area contributed by atoms with E-state index in [4.69, 9.17) is 30.3 Å². The number of thioether (sulfide) groups is 1. The monoisotopic (exact) mass is 493 g/mol. The van der Waals surface area contributed by atoms with Gasteiger partial charge in [0.15, 0.2) is 23.9 Å². The number of nitriles is 1. The number of aromatic carboxylic acids is 1. The summed E-state index contributed by atoms with van der Waals surface area (Å²) < 4.78 is 15.9. The van der Waals surface area contributed by atoms with Crippen molar-refractivity contribution < 1.29 is 28.9 Å². The first-order valence-electron chi connectivity index (χ1n) is 10.3. The van der Waals surface area contributed by atoms with Crippen molar-refractivity contribution in [1.29, 1.82) is 5.26 Å². The summed E-state index contributed by atoms with van der Waals surface area (Å²) in [7, 11) is 3.24. The fourth-order valence-corrected chi connectivity index (χ4v) is 4.01. The molecule has 0 aliphatic carbocycles. The molecule has 0 bridgehead atoms. The third-order valence-electron chi connectivity index (χ3n) is 4.89. The van der Waals surface area contributed by atoms with Crippen LogP contribution in [0, 0.1) is 11.3 Å². The normalized spacial score (nSPS) is 14.2. The number of hydrogen-bond acceptors (Lipinski definition) is 9. The number of carbonyl (C=O) groups is 2. The van der Waals surface area contributed by atoms with E-state index in [1.54, 1.807) is 50.2 Å². The number of nitrogens with two attached hydrogens (primary N) is 1. The van der Waals surface area contributed by atoms with E-state index in [0.29, 0.717) is 28.9 Å². The van der Waals surface area contributed by atoms with Crippen LogP contribution in [0.15, 0.2) is 65.6 Å². The quantitative estimate of drug-likeness (QED) is 0.412. The molecule has 4 rings (SSSR count). The number of rotatable bonds is 7. The molecule has 2 atom stereocenters. The summed E-state index contributed by atoms with van der Waals surface area (Å²) in [6.07, 6.45) is -0.166. The summed E-state index contributed by atoms with van der Waals surface area (Å²) in [6.45, 7) is 0. The highest BCUT2D eigenvalue weighted by atomic mass is 32.2. The number of carboxylic acids is 1. The number of anilines is 1. The van der Waals surface area contributed by atoms with Crippen LogP contribution >= 0.6 is 11.8 Å². The van der Waals surface area contributed by atoms with Gasteiger partial charge in [-0.05, 0) is 48.0 Å². The first-order valence-corrected chi connectivity index (χ1v) is 11.2. The fourth-order valence-electron chi connectivity index (χ4n) is 3.13. The Balaban J connectivity index is 0.000000211. The molecule has 0 saturated carbocycles. The fraction of sp³-hybridized carbons (Fsp3) is 0.160. The predicted molar refractivity (Wildman–Crippen MR) is 131 cm³/mol. The summed E-state index contributed by atoms with van der Waals surface area (Å²) in [4.78, 5) is 23.0. The predicted octanol–water partition coefficient (Wildman–Crippen LogP) is 4.04. The molecule has 0 amide bonds. The minimum Gasteiger partial charge on any atom is -0.493 e. The Morgan fingerprint density at radius 1 is 1.11 bits per heavy atom. The Labute approximate surface area is 206 Å². The minimum atomic E-state index is -1.03. The Hall–Kier alpha value is -4.20. The number of methoxy groups -OCH3 is 2. The van der Waals surface area contributed by atoms with E-state index < -0.39 is 12.1 Å². The van der Waals surface area contributed by atoms with Crippen molar-refractivity contribution in [2.45, 2.75) is 16.5 Å². The number of ether oxygens (including phenoxy) is 3. The van der Waals surface area contributed by atoms with E-state index in [0.717, 1.165) is 16.3 Å². The number of nitrogens with one attached hydrogen (secondary N) is 1. The third-order valence-corrected chi connectivity index (χ3v) is 5.86. The molecule has 0 spiro atoms. The van der Waals surface area contributed by atoms with Crippen molar-refractivity contribution in [3.8, 4) is 23.3 Å². The van der Waals surface area contributed by atoms with Crippen LogP contribution in [0.2, 0.25) is 0 Å². The summed E-state index contributed by atoms with van der Waals surface area (Å²) in [5.41, 5.74) is 7.91. The second kappa shape index (κ2) is 11.8. The maximum absolute atomic E-state index is 11.2. The Morgan fingerprint density at radius 3 is 2.29 bits per heavy atom. The number of benzene rings is 3. The molecule has 10 heteroatoms. The van der Waals surface area contributed by atoms with Crippen molar-refractivity contribution in [2.24, 2.45) is 5.73 Å². The van der Waals surface area contributed by atoms with Gasteiger partial charge in [-0.25, -0.2) is 4.79 Å². The number of carboxylic acid groups (broad SMARTS) is 1. The van der Waals surface area contributed by atoms with Crippen LogP contribution in [0.5, 0.6) is 17.2 Å². The molecule has 1 aliphatic heterocycles. The van der Waals surface area contributed by atoms with Crippen LogP contribution in [0.4, 0.5) is 5.69 Å². The molecule has 3 aromatic rings. The Morgan fingerprint density at radius 2 is 1.74 bits per heavy atom. The molecule has 9 nitrogen and oxygen atoms in total. The van der Waals surface area contributed by atoms with E-state index in [2.05, 4.69) is 5.32 Å². The molecule has 2 unspecified atom stereocenters. The molecular weight excluding hydrogens is 470 g/mol. The lowest BCUT2D eigenvalue weighted by molar-refractivity contribution is -0.113. The summed E-state index contributed by atoms with van der Waals surface area (Å²) in [5, 5.41) is 20.7. The summed E-state index contributed by atoms with van der Waals surface area (Å²) >= 11 is 1.57. The molecule has 35 heavy (non-hydrogen) atoms. The van der Waals surface area contributed by atoms with E-state index in [9.17, 15) is 9.59 Å². The highest BCUT2D eigenvalue weighted by molar-refractivity contribution is 8.00. The van der Waals surface area contributed by atoms with Crippen molar-refractivity contribution in [2.75, 3.05) is 19.5 Å². The summed E-state index contributed by atoms with van der Waals surface area (Å²) in [6, 6.07) is 18.1. The zero-order valence-corrected chi connectivity index (χ0v) is 19.7. The van der Waals surface area contributed by atoms with Crippen molar-refractivity contribution >= 4 is 29.7 Å². The second-order valence-corrected chi connectivity index (χ2v) is 8.31.